The van der Waals surface area contributed by atoms with Crippen LogP contribution in [0.3, 0.4) is 0 Å². The van der Waals surface area contributed by atoms with E-state index in [2.05, 4.69) is 4.98 Å². The minimum absolute atomic E-state index is 0.0225. The Morgan fingerprint density at radius 1 is 1.07 bits per heavy atom. The maximum absolute atomic E-state index is 13.1. The first-order valence-electron chi connectivity index (χ1n) is 10.0. The van der Waals surface area contributed by atoms with Crippen molar-refractivity contribution in [3.63, 3.8) is 0 Å². The lowest BCUT2D eigenvalue weighted by Gasteiger charge is -2.39. The normalized spacial score (nSPS) is 19.5. The van der Waals surface area contributed by atoms with Crippen LogP contribution in [0.2, 0.25) is 5.02 Å². The zero-order valence-corrected chi connectivity index (χ0v) is 17.3. The van der Waals surface area contributed by atoms with Crippen LogP contribution in [0.15, 0.2) is 48.8 Å². The van der Waals surface area contributed by atoms with Crippen molar-refractivity contribution in [2.45, 2.75) is 25.4 Å². The number of hydrogen-bond acceptors (Lipinski definition) is 4. The molecule has 0 N–H and O–H groups in total. The summed E-state index contributed by atoms with van der Waals surface area (Å²) in [6.07, 6.45) is 4.04. The molecule has 0 aliphatic carbocycles. The smallest absolute Gasteiger partial charge is 0.246 e. The van der Waals surface area contributed by atoms with Crippen molar-refractivity contribution in [1.29, 1.82) is 0 Å². The summed E-state index contributed by atoms with van der Waals surface area (Å²) in [5.41, 5.74) is 1.79. The third-order valence-electron chi connectivity index (χ3n) is 5.62. The fraction of sp³-hybridized carbons (Fsp3) is 0.364. The zero-order chi connectivity index (χ0) is 21.1. The highest BCUT2D eigenvalue weighted by Gasteiger charge is 2.41. The SMILES string of the molecule is O=C(Cc1cccc(Cl)c1)N1CCC2C(=O)N(Cc3ccncc3)CC(=O)N2CC1. The largest absolute Gasteiger partial charge is 0.341 e. The van der Waals surface area contributed by atoms with E-state index in [0.29, 0.717) is 37.6 Å². The molecule has 3 heterocycles. The highest BCUT2D eigenvalue weighted by molar-refractivity contribution is 6.30. The summed E-state index contributed by atoms with van der Waals surface area (Å²) in [4.78, 5) is 47.5. The fourth-order valence-electron chi connectivity index (χ4n) is 4.05. The molecule has 0 saturated carbocycles. The Morgan fingerprint density at radius 3 is 2.63 bits per heavy atom. The van der Waals surface area contributed by atoms with Gasteiger partial charge in [0.2, 0.25) is 17.7 Å². The van der Waals surface area contributed by atoms with Crippen LogP contribution in [0.25, 0.3) is 0 Å². The Bertz CT molecular complexity index is 952. The first-order valence-corrected chi connectivity index (χ1v) is 10.4. The van der Waals surface area contributed by atoms with Crippen LogP contribution in [-0.4, -0.2) is 69.6 Å². The first-order chi connectivity index (χ1) is 14.5. The molecule has 2 saturated heterocycles. The van der Waals surface area contributed by atoms with Gasteiger partial charge in [0, 0.05) is 43.6 Å². The highest BCUT2D eigenvalue weighted by Crippen LogP contribution is 2.21. The van der Waals surface area contributed by atoms with Gasteiger partial charge in [-0.25, -0.2) is 0 Å². The zero-order valence-electron chi connectivity index (χ0n) is 16.5. The van der Waals surface area contributed by atoms with Gasteiger partial charge in [0.25, 0.3) is 0 Å². The third kappa shape index (κ3) is 4.46. The number of amides is 3. The Kier molecular flexibility index (Phi) is 5.99. The van der Waals surface area contributed by atoms with Crippen LogP contribution in [-0.2, 0) is 27.3 Å². The lowest BCUT2D eigenvalue weighted by Crippen LogP contribution is -2.59. The summed E-state index contributed by atoms with van der Waals surface area (Å²) in [5.74, 6) is -0.154. The molecule has 4 rings (SSSR count). The summed E-state index contributed by atoms with van der Waals surface area (Å²) in [7, 11) is 0. The molecular weight excluding hydrogens is 404 g/mol. The number of hydrogen-bond donors (Lipinski definition) is 0. The van der Waals surface area contributed by atoms with E-state index in [9.17, 15) is 14.4 Å². The predicted molar refractivity (Wildman–Crippen MR) is 112 cm³/mol. The molecule has 2 fully saturated rings. The van der Waals surface area contributed by atoms with Crippen molar-refractivity contribution in [2.75, 3.05) is 26.2 Å². The third-order valence-corrected chi connectivity index (χ3v) is 5.86. The van der Waals surface area contributed by atoms with Gasteiger partial charge in [-0.15, -0.1) is 0 Å². The molecule has 8 heteroatoms. The standard InChI is InChI=1S/C22H23ClN4O3/c23-18-3-1-2-17(12-18)13-20(28)25-9-6-19-22(30)26(14-16-4-7-24-8-5-16)15-21(29)27(19)11-10-25/h1-5,7-8,12,19H,6,9-11,13-15H2. The van der Waals surface area contributed by atoms with Crippen molar-refractivity contribution in [3.8, 4) is 0 Å². The Balaban J connectivity index is 1.42. The molecule has 7 nitrogen and oxygen atoms in total. The number of piperazine rings is 1. The van der Waals surface area contributed by atoms with Gasteiger partial charge in [-0.05, 0) is 41.8 Å². The van der Waals surface area contributed by atoms with Gasteiger partial charge >= 0.3 is 0 Å². The lowest BCUT2D eigenvalue weighted by atomic mass is 10.1. The van der Waals surface area contributed by atoms with Crippen LogP contribution in [0.5, 0.6) is 0 Å². The van der Waals surface area contributed by atoms with E-state index in [4.69, 9.17) is 11.6 Å². The first kappa shape index (κ1) is 20.3. The lowest BCUT2D eigenvalue weighted by molar-refractivity contribution is -0.156. The van der Waals surface area contributed by atoms with Crippen LogP contribution < -0.4 is 0 Å². The number of pyridine rings is 1. The number of carbonyl (C=O) groups is 3. The Hall–Kier alpha value is -2.93. The number of carbonyl (C=O) groups excluding carboxylic acids is 3. The highest BCUT2D eigenvalue weighted by atomic mass is 35.5. The van der Waals surface area contributed by atoms with Crippen molar-refractivity contribution in [1.82, 2.24) is 19.7 Å². The molecule has 156 valence electrons. The molecule has 0 bridgehead atoms. The number of aromatic nitrogens is 1. The van der Waals surface area contributed by atoms with Gasteiger partial charge in [-0.2, -0.15) is 0 Å². The summed E-state index contributed by atoms with van der Waals surface area (Å²) in [6.45, 7) is 1.70. The second-order valence-electron chi connectivity index (χ2n) is 7.63. The van der Waals surface area contributed by atoms with Crippen molar-refractivity contribution in [2.24, 2.45) is 0 Å². The summed E-state index contributed by atoms with van der Waals surface area (Å²) in [6, 6.07) is 10.4. The van der Waals surface area contributed by atoms with Crippen LogP contribution in [0.4, 0.5) is 0 Å². The average Bonchev–Trinajstić information content (AvgIpc) is 2.96. The molecule has 30 heavy (non-hydrogen) atoms. The fourth-order valence-corrected chi connectivity index (χ4v) is 4.27. The topological polar surface area (TPSA) is 73.8 Å². The van der Waals surface area contributed by atoms with Gasteiger partial charge in [-0.1, -0.05) is 23.7 Å². The van der Waals surface area contributed by atoms with Gasteiger partial charge < -0.3 is 14.7 Å². The summed E-state index contributed by atoms with van der Waals surface area (Å²) in [5, 5.41) is 0.596. The van der Waals surface area contributed by atoms with Crippen molar-refractivity contribution in [3.05, 3.63) is 64.9 Å². The van der Waals surface area contributed by atoms with E-state index in [1.54, 1.807) is 39.2 Å². The predicted octanol–water partition coefficient (Wildman–Crippen LogP) is 1.75. The maximum Gasteiger partial charge on any atom is 0.246 e. The van der Waals surface area contributed by atoms with Gasteiger partial charge in [-0.3, -0.25) is 19.4 Å². The minimum atomic E-state index is -0.517. The number of halogens is 1. The molecule has 1 unspecified atom stereocenters. The summed E-state index contributed by atoms with van der Waals surface area (Å²) >= 11 is 6.01. The van der Waals surface area contributed by atoms with Crippen LogP contribution in [0, 0.1) is 0 Å². The number of rotatable bonds is 4. The van der Waals surface area contributed by atoms with Crippen molar-refractivity contribution < 1.29 is 14.4 Å². The van der Waals surface area contributed by atoms with Crippen molar-refractivity contribution >= 4 is 29.3 Å². The number of benzene rings is 1. The van der Waals surface area contributed by atoms with Gasteiger partial charge in [0.1, 0.15) is 12.6 Å². The van der Waals surface area contributed by atoms with Gasteiger partial charge in [0.05, 0.1) is 6.42 Å². The molecule has 3 amide bonds. The molecule has 2 aliphatic heterocycles. The van der Waals surface area contributed by atoms with E-state index in [-0.39, 0.29) is 30.7 Å². The number of fused-ring (bicyclic) bond motifs is 1. The monoisotopic (exact) mass is 426 g/mol. The molecule has 0 spiro atoms. The molecular formula is C22H23ClN4O3. The van der Waals surface area contributed by atoms with E-state index >= 15 is 0 Å². The molecule has 1 aromatic heterocycles. The van der Waals surface area contributed by atoms with Gasteiger partial charge in [0.15, 0.2) is 0 Å². The molecule has 0 radical (unpaired) electrons. The average molecular weight is 427 g/mol. The number of nitrogens with zero attached hydrogens (tertiary/aromatic N) is 4. The second-order valence-corrected chi connectivity index (χ2v) is 8.07. The second kappa shape index (κ2) is 8.83. The molecule has 2 aromatic rings. The van der Waals surface area contributed by atoms with E-state index in [1.807, 2.05) is 24.3 Å². The van der Waals surface area contributed by atoms with Crippen LogP contribution in [0.1, 0.15) is 17.5 Å². The molecule has 1 atom stereocenters. The van der Waals surface area contributed by atoms with E-state index < -0.39 is 6.04 Å². The molecule has 2 aliphatic rings. The van der Waals surface area contributed by atoms with E-state index in [1.165, 1.54) is 0 Å². The molecule has 1 aromatic carbocycles. The summed E-state index contributed by atoms with van der Waals surface area (Å²) < 4.78 is 0. The maximum atomic E-state index is 13.1. The Labute approximate surface area is 180 Å². The van der Waals surface area contributed by atoms with E-state index in [0.717, 1.165) is 11.1 Å². The minimum Gasteiger partial charge on any atom is -0.341 e. The Morgan fingerprint density at radius 2 is 1.87 bits per heavy atom. The quantitative estimate of drug-likeness (QED) is 0.746. The van der Waals surface area contributed by atoms with Crippen LogP contribution >= 0.6 is 11.6 Å².